The SMILES string of the molecule is CC(C)c1cc(C(=O)N2Cc3ccc(CN4CCC(N5CCN(C(=O)CC6(N)CCN(Cc7cc8nc(-c9cnc(N)nc9)nc(N9CCOCC9)c8s7)CC6)CC5)CC4)cc3C2)c(O)cc1O. The van der Waals surface area contributed by atoms with Crippen molar-refractivity contribution in [3.63, 3.8) is 0 Å². The van der Waals surface area contributed by atoms with Gasteiger partial charge in [-0.2, -0.15) is 0 Å². The van der Waals surface area contributed by atoms with E-state index in [1.165, 1.54) is 16.5 Å². The zero-order chi connectivity index (χ0) is 47.1. The lowest BCUT2D eigenvalue weighted by atomic mass is 9.85. The molecule has 0 saturated carbocycles. The number of likely N-dealkylation sites (tertiary alicyclic amines) is 2. The summed E-state index contributed by atoms with van der Waals surface area (Å²) >= 11 is 1.74. The molecule has 8 heterocycles. The van der Waals surface area contributed by atoms with Crippen molar-refractivity contribution in [2.24, 2.45) is 5.73 Å². The molecule has 4 fully saturated rings. The minimum absolute atomic E-state index is 0.00563. The van der Waals surface area contributed by atoms with Crippen molar-refractivity contribution in [3.05, 3.63) is 81.5 Å². The minimum Gasteiger partial charge on any atom is -0.508 e. The van der Waals surface area contributed by atoms with Crippen molar-refractivity contribution >= 4 is 45.1 Å². The lowest BCUT2D eigenvalue weighted by Gasteiger charge is -2.44. The third-order valence-corrected chi connectivity index (χ3v) is 15.9. The van der Waals surface area contributed by atoms with Gasteiger partial charge >= 0.3 is 0 Å². The number of carbonyl (C=O) groups is 2. The molecule has 2 aromatic carbocycles. The Balaban J connectivity index is 0.668. The van der Waals surface area contributed by atoms with Crippen molar-refractivity contribution in [3.8, 4) is 22.9 Å². The number of rotatable bonds is 11. The van der Waals surface area contributed by atoms with E-state index in [1.54, 1.807) is 34.7 Å². The van der Waals surface area contributed by atoms with Crippen LogP contribution in [0.2, 0.25) is 0 Å². The summed E-state index contributed by atoms with van der Waals surface area (Å²) < 4.78 is 6.71. The molecule has 360 valence electrons. The molecule has 17 nitrogen and oxygen atoms in total. The maximum absolute atomic E-state index is 13.7. The van der Waals surface area contributed by atoms with Crippen LogP contribution >= 0.6 is 11.3 Å². The molecule has 0 radical (unpaired) electrons. The fourth-order valence-electron chi connectivity index (χ4n) is 10.7. The number of hydrogen-bond acceptors (Lipinski definition) is 16. The molecule has 68 heavy (non-hydrogen) atoms. The van der Waals surface area contributed by atoms with Crippen molar-refractivity contribution in [1.29, 1.82) is 0 Å². The van der Waals surface area contributed by atoms with E-state index in [-0.39, 0.29) is 40.7 Å². The molecule has 5 aliphatic rings. The topological polar surface area (TPSA) is 207 Å². The number of aromatic nitrogens is 4. The first-order valence-corrected chi connectivity index (χ1v) is 25.1. The van der Waals surface area contributed by atoms with E-state index in [1.807, 2.05) is 18.7 Å². The second kappa shape index (κ2) is 19.5. The standard InChI is InChI=1S/C50H64N12O5S/c1-32(2)39-23-40(43(64)24-42(39)63)48(66)62-29-34-4-3-33(21-35(34)30-62)28-57-9-5-37(6-10-57)59-13-15-60(16-14-59)44(65)25-50(52)7-11-58(12-8-50)31-38-22-41-45(68-38)47(61-17-19-67-20-18-61)56-46(55-41)36-26-53-49(51)54-27-36/h3-4,21-24,26-27,32,37,63-64H,5-20,25,28-31,52H2,1-2H3,(H2,51,53,54). The molecular weight excluding hydrogens is 881 g/mol. The van der Waals surface area contributed by atoms with Gasteiger partial charge in [0.15, 0.2) is 11.6 Å². The molecule has 0 bridgehead atoms. The van der Waals surface area contributed by atoms with Crippen LogP contribution < -0.4 is 16.4 Å². The van der Waals surface area contributed by atoms with Gasteiger partial charge in [0, 0.05) is 120 Å². The van der Waals surface area contributed by atoms with Gasteiger partial charge in [0.1, 0.15) is 11.5 Å². The third-order valence-electron chi connectivity index (χ3n) is 14.8. The van der Waals surface area contributed by atoms with Crippen molar-refractivity contribution < 1.29 is 24.5 Å². The number of carbonyl (C=O) groups excluding carboxylic acids is 2. The van der Waals surface area contributed by atoms with Gasteiger partial charge < -0.3 is 41.1 Å². The zero-order valence-corrected chi connectivity index (χ0v) is 40.1. The first-order chi connectivity index (χ1) is 32.8. The van der Waals surface area contributed by atoms with Gasteiger partial charge in [0.2, 0.25) is 11.9 Å². The summed E-state index contributed by atoms with van der Waals surface area (Å²) in [5.74, 6) is 1.48. The van der Waals surface area contributed by atoms with E-state index in [0.717, 1.165) is 137 Å². The Kier molecular flexibility index (Phi) is 13.2. The van der Waals surface area contributed by atoms with Crippen LogP contribution in [-0.2, 0) is 35.7 Å². The number of ether oxygens (including phenoxy) is 1. The van der Waals surface area contributed by atoms with Gasteiger partial charge in [-0.3, -0.25) is 24.3 Å². The van der Waals surface area contributed by atoms with Crippen molar-refractivity contribution in [2.75, 3.05) is 89.3 Å². The molecule has 6 N–H and O–H groups in total. The maximum Gasteiger partial charge on any atom is 0.258 e. The Morgan fingerprint density at radius 2 is 1.53 bits per heavy atom. The summed E-state index contributed by atoms with van der Waals surface area (Å²) in [6.45, 7) is 16.4. The molecule has 10 rings (SSSR count). The Morgan fingerprint density at radius 1 is 0.824 bits per heavy atom. The largest absolute Gasteiger partial charge is 0.508 e. The number of morpholine rings is 1. The highest BCUT2D eigenvalue weighted by atomic mass is 32.1. The van der Waals surface area contributed by atoms with Crippen LogP contribution in [0.4, 0.5) is 11.8 Å². The highest BCUT2D eigenvalue weighted by Crippen LogP contribution is 2.37. The number of aromatic hydroxyl groups is 2. The number of anilines is 2. The summed E-state index contributed by atoms with van der Waals surface area (Å²) in [6, 6.07) is 12.1. The lowest BCUT2D eigenvalue weighted by molar-refractivity contribution is -0.135. The second-order valence-electron chi connectivity index (χ2n) is 19.8. The van der Waals surface area contributed by atoms with Crippen LogP contribution in [0, 0.1) is 0 Å². The number of piperazine rings is 1. The van der Waals surface area contributed by atoms with E-state index >= 15 is 0 Å². The number of piperidine rings is 2. The number of amides is 2. The van der Waals surface area contributed by atoms with Crippen LogP contribution in [0.3, 0.4) is 0 Å². The van der Waals surface area contributed by atoms with Gasteiger partial charge in [-0.05, 0) is 79.1 Å². The number of nitrogens with two attached hydrogens (primary N) is 2. The average Bonchev–Trinajstić information content (AvgIpc) is 3.96. The Morgan fingerprint density at radius 3 is 2.25 bits per heavy atom. The van der Waals surface area contributed by atoms with E-state index in [4.69, 9.17) is 26.2 Å². The summed E-state index contributed by atoms with van der Waals surface area (Å²) in [4.78, 5) is 60.4. The quantitative estimate of drug-likeness (QED) is 0.141. The van der Waals surface area contributed by atoms with Gasteiger partial charge in [-0.15, -0.1) is 11.3 Å². The fraction of sp³-hybridized carbons (Fsp3) is 0.520. The Labute approximate surface area is 401 Å². The number of nitrogen functional groups attached to an aromatic ring is 1. The van der Waals surface area contributed by atoms with E-state index in [9.17, 15) is 19.8 Å². The highest BCUT2D eigenvalue weighted by molar-refractivity contribution is 7.19. The van der Waals surface area contributed by atoms with Crippen LogP contribution in [0.5, 0.6) is 11.5 Å². The first kappa shape index (κ1) is 46.2. The van der Waals surface area contributed by atoms with E-state index < -0.39 is 5.54 Å². The average molecular weight is 945 g/mol. The van der Waals surface area contributed by atoms with E-state index in [2.05, 4.69) is 53.8 Å². The lowest BCUT2D eigenvalue weighted by Crippen LogP contribution is -2.57. The molecule has 2 amide bonds. The number of phenols is 2. The maximum atomic E-state index is 13.7. The van der Waals surface area contributed by atoms with Crippen LogP contribution in [0.1, 0.15) is 89.4 Å². The van der Waals surface area contributed by atoms with Gasteiger partial charge in [0.25, 0.3) is 5.91 Å². The van der Waals surface area contributed by atoms with Crippen LogP contribution in [0.15, 0.2) is 48.8 Å². The fourth-order valence-corrected chi connectivity index (χ4v) is 11.9. The smallest absolute Gasteiger partial charge is 0.258 e. The van der Waals surface area contributed by atoms with Gasteiger partial charge in [-0.25, -0.2) is 19.9 Å². The normalized spacial score (nSPS) is 19.9. The molecule has 5 aliphatic heterocycles. The van der Waals surface area contributed by atoms with Gasteiger partial charge in [0.05, 0.1) is 34.6 Å². The molecule has 0 unspecified atom stereocenters. The summed E-state index contributed by atoms with van der Waals surface area (Å²) in [7, 11) is 0. The number of thiophene rings is 1. The Bertz CT molecular complexity index is 2630. The summed E-state index contributed by atoms with van der Waals surface area (Å²) in [5.41, 5.74) is 18.3. The number of nitrogens with zero attached hydrogens (tertiary/aromatic N) is 10. The summed E-state index contributed by atoms with van der Waals surface area (Å²) in [6.07, 6.45) is 7.47. The Hall–Kier alpha value is -5.50. The minimum atomic E-state index is -0.506. The molecule has 3 aromatic heterocycles. The number of phenolic OH excluding ortho intramolecular Hbond substituents is 2. The monoisotopic (exact) mass is 944 g/mol. The molecule has 4 saturated heterocycles. The highest BCUT2D eigenvalue weighted by Gasteiger charge is 2.37. The number of benzene rings is 2. The molecule has 0 atom stereocenters. The summed E-state index contributed by atoms with van der Waals surface area (Å²) in [5, 5.41) is 20.8. The van der Waals surface area contributed by atoms with Crippen molar-refractivity contribution in [1.82, 2.24) is 44.4 Å². The zero-order valence-electron chi connectivity index (χ0n) is 39.3. The molecule has 0 aliphatic carbocycles. The van der Waals surface area contributed by atoms with Gasteiger partial charge in [-0.1, -0.05) is 32.0 Å². The predicted octanol–water partition coefficient (Wildman–Crippen LogP) is 4.75. The third kappa shape index (κ3) is 9.98. The molecule has 18 heteroatoms. The van der Waals surface area contributed by atoms with Crippen LogP contribution in [0.25, 0.3) is 21.6 Å². The molecular formula is C50H64N12O5S. The molecule has 5 aromatic rings. The van der Waals surface area contributed by atoms with Crippen LogP contribution in [-0.4, -0.2) is 157 Å². The van der Waals surface area contributed by atoms with Crippen molar-refractivity contribution in [2.45, 2.75) is 89.6 Å². The first-order valence-electron chi connectivity index (χ1n) is 24.3. The number of hydrogen-bond donors (Lipinski definition) is 4. The van der Waals surface area contributed by atoms with E-state index in [0.29, 0.717) is 50.2 Å². The predicted molar refractivity (Wildman–Crippen MR) is 262 cm³/mol. The molecule has 0 spiro atoms. The second-order valence-corrected chi connectivity index (χ2v) is 21.0. The number of fused-ring (bicyclic) bond motifs is 2.